The molecule has 3 rings (SSSR count). The highest BCUT2D eigenvalue weighted by atomic mass is 35.5. The van der Waals surface area contributed by atoms with E-state index in [1.165, 1.54) is 36.4 Å². The summed E-state index contributed by atoms with van der Waals surface area (Å²) in [7, 11) is 0. The van der Waals surface area contributed by atoms with Crippen LogP contribution < -0.4 is 9.47 Å². The molecule has 0 spiro atoms. The first-order valence-corrected chi connectivity index (χ1v) is 8.16. The van der Waals surface area contributed by atoms with Gasteiger partial charge in [0.2, 0.25) is 6.10 Å². The molecular formula is C18H11ClF3NO5. The predicted molar refractivity (Wildman–Crippen MR) is 93.8 cm³/mol. The second-order valence-electron chi connectivity index (χ2n) is 5.87. The topological polar surface area (TPSA) is 78.7 Å². The Bertz CT molecular complexity index is 986. The van der Waals surface area contributed by atoms with Gasteiger partial charge in [-0.25, -0.2) is 0 Å². The van der Waals surface area contributed by atoms with Crippen molar-refractivity contribution in [1.29, 1.82) is 0 Å². The number of Topliss-reactive ketones (excluding diaryl/α,β-unsaturated/α-hetero) is 1. The number of hydrogen-bond acceptors (Lipinski definition) is 5. The fraction of sp³-hybridized carbons (Fsp3) is 0.167. The molecule has 0 fully saturated rings. The van der Waals surface area contributed by atoms with Gasteiger partial charge in [-0.3, -0.25) is 14.9 Å². The van der Waals surface area contributed by atoms with Crippen LogP contribution in [0.25, 0.3) is 6.08 Å². The number of non-ortho nitro benzene ring substituents is 1. The van der Waals surface area contributed by atoms with Crippen molar-refractivity contribution in [1.82, 2.24) is 0 Å². The molecule has 0 aliphatic carbocycles. The molecule has 0 bridgehead atoms. The van der Waals surface area contributed by atoms with Crippen molar-refractivity contribution >= 4 is 29.1 Å². The number of rotatable bonds is 4. The van der Waals surface area contributed by atoms with Crippen LogP contribution in [0.3, 0.4) is 0 Å². The number of nitro groups is 1. The highest BCUT2D eigenvalue weighted by Crippen LogP contribution is 2.42. The zero-order chi connectivity index (χ0) is 20.6. The number of benzene rings is 2. The van der Waals surface area contributed by atoms with Gasteiger partial charge in [0.25, 0.3) is 5.69 Å². The number of alkyl halides is 3. The summed E-state index contributed by atoms with van der Waals surface area (Å²) in [5, 5.41) is 10.7. The van der Waals surface area contributed by atoms with Gasteiger partial charge in [0.05, 0.1) is 9.95 Å². The second-order valence-corrected chi connectivity index (χ2v) is 6.28. The molecule has 1 unspecified atom stereocenters. The van der Waals surface area contributed by atoms with E-state index < -0.39 is 28.6 Å². The normalized spacial score (nSPS) is 15.9. The van der Waals surface area contributed by atoms with Gasteiger partial charge in [0, 0.05) is 29.3 Å². The van der Waals surface area contributed by atoms with E-state index >= 15 is 0 Å². The third-order valence-electron chi connectivity index (χ3n) is 3.88. The maximum atomic E-state index is 13.2. The Labute approximate surface area is 161 Å². The maximum absolute atomic E-state index is 13.2. The highest BCUT2D eigenvalue weighted by molar-refractivity contribution is 6.32. The quantitative estimate of drug-likeness (QED) is 0.499. The molecule has 1 aliphatic rings. The fourth-order valence-corrected chi connectivity index (χ4v) is 2.78. The van der Waals surface area contributed by atoms with Crippen LogP contribution in [0.2, 0.25) is 5.02 Å². The van der Waals surface area contributed by atoms with Crippen molar-refractivity contribution in [3.05, 3.63) is 62.7 Å². The molecule has 1 heterocycles. The number of ketones is 1. The molecule has 10 heteroatoms. The van der Waals surface area contributed by atoms with Crippen molar-refractivity contribution in [2.75, 3.05) is 0 Å². The number of nitrogens with zero attached hydrogens (tertiary/aromatic N) is 1. The summed E-state index contributed by atoms with van der Waals surface area (Å²) in [6.45, 7) is 1.02. The molecule has 146 valence electrons. The summed E-state index contributed by atoms with van der Waals surface area (Å²) in [6, 6.07) is 7.54. The Balaban J connectivity index is 1.96. The zero-order valence-electron chi connectivity index (χ0n) is 14.1. The van der Waals surface area contributed by atoms with Gasteiger partial charge >= 0.3 is 6.18 Å². The molecule has 28 heavy (non-hydrogen) atoms. The average Bonchev–Trinajstić information content (AvgIpc) is 2.61. The van der Waals surface area contributed by atoms with Gasteiger partial charge < -0.3 is 9.47 Å². The number of carbonyl (C=O) groups excluding carboxylic acids is 1. The first-order valence-electron chi connectivity index (χ1n) is 7.78. The lowest BCUT2D eigenvalue weighted by molar-refractivity contribution is -0.384. The number of ether oxygens (including phenoxy) is 2. The molecule has 0 N–H and O–H groups in total. The minimum Gasteiger partial charge on any atom is -0.475 e. The Morgan fingerprint density at radius 2 is 1.89 bits per heavy atom. The lowest BCUT2D eigenvalue weighted by Crippen LogP contribution is -2.39. The average molecular weight is 414 g/mol. The molecule has 0 saturated heterocycles. The highest BCUT2D eigenvalue weighted by Gasteiger charge is 2.47. The third-order valence-corrected chi connectivity index (χ3v) is 4.18. The Hall–Kier alpha value is -3.07. The van der Waals surface area contributed by atoms with Crippen LogP contribution in [-0.4, -0.2) is 23.0 Å². The molecular weight excluding hydrogens is 403 g/mol. The van der Waals surface area contributed by atoms with Crippen LogP contribution in [0.4, 0.5) is 18.9 Å². The monoisotopic (exact) mass is 413 g/mol. The lowest BCUT2D eigenvalue weighted by atomic mass is 9.98. The summed E-state index contributed by atoms with van der Waals surface area (Å²) in [6.07, 6.45) is -6.10. The predicted octanol–water partition coefficient (Wildman–Crippen LogP) is 5.34. The van der Waals surface area contributed by atoms with Crippen LogP contribution in [0.1, 0.15) is 12.5 Å². The van der Waals surface area contributed by atoms with Crippen LogP contribution in [0.15, 0.2) is 42.0 Å². The summed E-state index contributed by atoms with van der Waals surface area (Å²) < 4.78 is 50.2. The van der Waals surface area contributed by atoms with E-state index in [1.54, 1.807) is 0 Å². The van der Waals surface area contributed by atoms with E-state index in [-0.39, 0.29) is 33.5 Å². The van der Waals surface area contributed by atoms with Crippen molar-refractivity contribution in [2.45, 2.75) is 19.2 Å². The number of hydrogen-bond donors (Lipinski definition) is 0. The SMILES string of the molecule is CC(=O)C1=Cc2cc(Cl)c(Oc3ccc([N+](=O)[O-])cc3)cc2OC1C(F)(F)F. The van der Waals surface area contributed by atoms with Gasteiger partial charge in [-0.1, -0.05) is 11.6 Å². The summed E-state index contributed by atoms with van der Waals surface area (Å²) in [4.78, 5) is 21.7. The van der Waals surface area contributed by atoms with Crippen LogP contribution >= 0.6 is 11.6 Å². The van der Waals surface area contributed by atoms with Gasteiger partial charge in [-0.15, -0.1) is 0 Å². The largest absolute Gasteiger partial charge is 0.475 e. The molecule has 0 amide bonds. The van der Waals surface area contributed by atoms with Gasteiger partial charge in [0.15, 0.2) is 5.78 Å². The van der Waals surface area contributed by atoms with Gasteiger partial charge in [-0.05, 0) is 31.2 Å². The second kappa shape index (κ2) is 7.16. The van der Waals surface area contributed by atoms with E-state index in [2.05, 4.69) is 0 Å². The molecule has 6 nitrogen and oxygen atoms in total. The first kappa shape index (κ1) is 19.7. The third kappa shape index (κ3) is 3.94. The number of carbonyl (C=O) groups is 1. The van der Waals surface area contributed by atoms with Crippen molar-refractivity contribution in [3.8, 4) is 17.2 Å². The standard InChI is InChI=1S/C18H11ClF3NO5/c1-9(24)13-6-10-7-14(19)16(8-15(10)28-17(13)18(20,21)22)27-12-4-2-11(3-5-12)23(25)26/h2-8,17H,1H3. The Morgan fingerprint density at radius 3 is 2.43 bits per heavy atom. The number of nitro benzene ring substituents is 1. The van der Waals surface area contributed by atoms with Crippen molar-refractivity contribution in [3.63, 3.8) is 0 Å². The Morgan fingerprint density at radius 1 is 1.25 bits per heavy atom. The first-order chi connectivity index (χ1) is 13.1. The summed E-state index contributed by atoms with van der Waals surface area (Å²) in [5.41, 5.74) is -0.478. The van der Waals surface area contributed by atoms with E-state index in [1.807, 2.05) is 0 Å². The van der Waals surface area contributed by atoms with Crippen LogP contribution in [0, 0.1) is 10.1 Å². The van der Waals surface area contributed by atoms with Gasteiger partial charge in [-0.2, -0.15) is 13.2 Å². The fourth-order valence-electron chi connectivity index (χ4n) is 2.57. The number of halogens is 4. The zero-order valence-corrected chi connectivity index (χ0v) is 14.9. The molecule has 1 aliphatic heterocycles. The van der Waals surface area contributed by atoms with Crippen LogP contribution in [0.5, 0.6) is 17.2 Å². The van der Waals surface area contributed by atoms with E-state index in [9.17, 15) is 28.1 Å². The molecule has 2 aromatic carbocycles. The lowest BCUT2D eigenvalue weighted by Gasteiger charge is -2.28. The molecule has 0 aromatic heterocycles. The van der Waals surface area contributed by atoms with E-state index in [0.29, 0.717) is 0 Å². The minimum atomic E-state index is -4.78. The molecule has 2 aromatic rings. The molecule has 1 atom stereocenters. The van der Waals surface area contributed by atoms with E-state index in [4.69, 9.17) is 21.1 Å². The van der Waals surface area contributed by atoms with Crippen LogP contribution in [-0.2, 0) is 4.79 Å². The summed E-state index contributed by atoms with van der Waals surface area (Å²) in [5.74, 6) is -0.741. The van der Waals surface area contributed by atoms with Crippen molar-refractivity contribution in [2.24, 2.45) is 0 Å². The summed E-state index contributed by atoms with van der Waals surface area (Å²) >= 11 is 6.12. The molecule has 0 radical (unpaired) electrons. The minimum absolute atomic E-state index is 0.00475. The smallest absolute Gasteiger partial charge is 0.429 e. The van der Waals surface area contributed by atoms with E-state index in [0.717, 1.165) is 13.0 Å². The van der Waals surface area contributed by atoms with Crippen molar-refractivity contribution < 1.29 is 32.4 Å². The van der Waals surface area contributed by atoms with Gasteiger partial charge in [0.1, 0.15) is 17.2 Å². The number of fused-ring (bicyclic) bond motifs is 1. The Kier molecular flexibility index (Phi) is 5.03. The maximum Gasteiger partial charge on any atom is 0.429 e. The molecule has 0 saturated carbocycles.